The van der Waals surface area contributed by atoms with Gasteiger partial charge >= 0.3 is 0 Å². The van der Waals surface area contributed by atoms with Crippen LogP contribution in [0.25, 0.3) is 6.08 Å². The van der Waals surface area contributed by atoms with Gasteiger partial charge in [0.1, 0.15) is 0 Å². The third-order valence-electron chi connectivity index (χ3n) is 4.48. The molecule has 2 heteroatoms. The van der Waals surface area contributed by atoms with Gasteiger partial charge in [-0.05, 0) is 41.0 Å². The molecule has 18 heavy (non-hydrogen) atoms. The molecule has 1 heterocycles. The van der Waals surface area contributed by atoms with Gasteiger partial charge in [-0.1, -0.05) is 32.1 Å². The molecule has 1 aromatic rings. The standard InChI is InChI=1S/C16H17NO/c1-16(2)13-9-14(16)15(18)8-12(13)6-5-11-4-3-7-17-10-11/h3-8,10,13-14H,9H2,1-2H3/b6-5+/t13-,14+/m1/s1. The quantitative estimate of drug-likeness (QED) is 0.792. The minimum atomic E-state index is 0.139. The average molecular weight is 239 g/mol. The molecule has 0 aromatic carbocycles. The highest BCUT2D eigenvalue weighted by Crippen LogP contribution is 2.58. The molecule has 0 unspecified atom stereocenters. The number of nitrogens with zero attached hydrogens (tertiary/aromatic N) is 1. The maximum atomic E-state index is 11.9. The largest absolute Gasteiger partial charge is 0.295 e. The molecule has 2 bridgehead atoms. The van der Waals surface area contributed by atoms with Crippen molar-refractivity contribution in [1.29, 1.82) is 0 Å². The molecular formula is C16H17NO. The molecule has 0 aliphatic heterocycles. The van der Waals surface area contributed by atoms with Gasteiger partial charge in [0.2, 0.25) is 0 Å². The highest BCUT2D eigenvalue weighted by Gasteiger charge is 2.54. The number of hydrogen-bond donors (Lipinski definition) is 0. The molecular weight excluding hydrogens is 222 g/mol. The van der Waals surface area contributed by atoms with Gasteiger partial charge in [0.05, 0.1) is 0 Å². The van der Waals surface area contributed by atoms with Crippen LogP contribution in [0, 0.1) is 17.3 Å². The smallest absolute Gasteiger partial charge is 0.159 e. The van der Waals surface area contributed by atoms with Gasteiger partial charge in [0.15, 0.2) is 5.78 Å². The summed E-state index contributed by atoms with van der Waals surface area (Å²) in [6.45, 7) is 4.41. The Kier molecular flexibility index (Phi) is 2.47. The first-order chi connectivity index (χ1) is 8.59. The number of carbonyl (C=O) groups is 1. The Hall–Kier alpha value is -1.70. The lowest BCUT2D eigenvalue weighted by molar-refractivity contribution is -0.133. The van der Waals surface area contributed by atoms with E-state index in [0.717, 1.165) is 12.0 Å². The fraction of sp³-hybridized carbons (Fsp3) is 0.375. The highest BCUT2D eigenvalue weighted by molar-refractivity contribution is 5.96. The van der Waals surface area contributed by atoms with Gasteiger partial charge < -0.3 is 0 Å². The molecule has 1 aromatic heterocycles. The monoisotopic (exact) mass is 239 g/mol. The second-order valence-electron chi connectivity index (χ2n) is 5.83. The number of ketones is 1. The summed E-state index contributed by atoms with van der Waals surface area (Å²) in [5, 5.41) is 0. The Bertz CT molecular complexity index is 539. The summed E-state index contributed by atoms with van der Waals surface area (Å²) in [6.07, 6.45) is 10.6. The van der Waals surface area contributed by atoms with Crippen LogP contribution in [0.1, 0.15) is 25.8 Å². The minimum Gasteiger partial charge on any atom is -0.295 e. The number of allylic oxidation sites excluding steroid dienone is 3. The number of hydrogen-bond acceptors (Lipinski definition) is 2. The van der Waals surface area contributed by atoms with Crippen molar-refractivity contribution in [2.45, 2.75) is 20.3 Å². The maximum absolute atomic E-state index is 11.9. The van der Waals surface area contributed by atoms with Crippen molar-refractivity contribution >= 4 is 11.9 Å². The van der Waals surface area contributed by atoms with E-state index in [1.807, 2.05) is 30.5 Å². The fourth-order valence-electron chi connectivity index (χ4n) is 3.17. The molecule has 1 fully saturated rings. The van der Waals surface area contributed by atoms with E-state index in [0.29, 0.717) is 11.7 Å². The molecule has 0 amide bonds. The van der Waals surface area contributed by atoms with Crippen LogP contribution in [0.2, 0.25) is 0 Å². The normalized spacial score (nSPS) is 29.0. The molecule has 3 aliphatic rings. The maximum Gasteiger partial charge on any atom is 0.159 e. The highest BCUT2D eigenvalue weighted by atomic mass is 16.1. The van der Waals surface area contributed by atoms with Crippen LogP contribution < -0.4 is 0 Å². The van der Waals surface area contributed by atoms with Crippen LogP contribution in [-0.4, -0.2) is 10.8 Å². The first-order valence-electron chi connectivity index (χ1n) is 6.42. The third-order valence-corrected chi connectivity index (χ3v) is 4.48. The van der Waals surface area contributed by atoms with Gasteiger partial charge in [-0.2, -0.15) is 0 Å². The first kappa shape index (κ1) is 11.4. The zero-order chi connectivity index (χ0) is 12.8. The minimum absolute atomic E-state index is 0.139. The summed E-state index contributed by atoms with van der Waals surface area (Å²) in [6, 6.07) is 3.94. The fourth-order valence-corrected chi connectivity index (χ4v) is 3.17. The predicted molar refractivity (Wildman–Crippen MR) is 71.7 cm³/mol. The Labute approximate surface area is 107 Å². The molecule has 1 saturated carbocycles. The lowest BCUT2D eigenvalue weighted by Crippen LogP contribution is -2.52. The number of rotatable bonds is 2. The Morgan fingerprint density at radius 3 is 2.78 bits per heavy atom. The van der Waals surface area contributed by atoms with Crippen molar-refractivity contribution in [3.63, 3.8) is 0 Å². The molecule has 4 rings (SSSR count). The van der Waals surface area contributed by atoms with E-state index in [2.05, 4.69) is 24.9 Å². The van der Waals surface area contributed by atoms with Crippen LogP contribution >= 0.6 is 0 Å². The number of aromatic nitrogens is 1. The van der Waals surface area contributed by atoms with Gasteiger partial charge in [-0.15, -0.1) is 0 Å². The van der Waals surface area contributed by atoms with E-state index in [1.165, 1.54) is 5.57 Å². The molecule has 0 spiro atoms. The lowest BCUT2D eigenvalue weighted by atomic mass is 9.48. The van der Waals surface area contributed by atoms with Crippen molar-refractivity contribution in [3.8, 4) is 0 Å². The first-order valence-corrected chi connectivity index (χ1v) is 6.42. The summed E-state index contributed by atoms with van der Waals surface area (Å²) in [5.41, 5.74) is 2.39. The van der Waals surface area contributed by atoms with E-state index in [4.69, 9.17) is 0 Å². The molecule has 3 aliphatic carbocycles. The molecule has 0 saturated heterocycles. The molecule has 0 N–H and O–H groups in total. The van der Waals surface area contributed by atoms with Gasteiger partial charge in [-0.25, -0.2) is 0 Å². The van der Waals surface area contributed by atoms with Gasteiger partial charge in [0, 0.05) is 18.3 Å². The zero-order valence-corrected chi connectivity index (χ0v) is 10.8. The summed E-state index contributed by atoms with van der Waals surface area (Å²) >= 11 is 0. The summed E-state index contributed by atoms with van der Waals surface area (Å²) in [7, 11) is 0. The summed E-state index contributed by atoms with van der Waals surface area (Å²) < 4.78 is 0. The van der Waals surface area contributed by atoms with E-state index in [1.54, 1.807) is 6.20 Å². The van der Waals surface area contributed by atoms with Crippen LogP contribution in [0.4, 0.5) is 0 Å². The Morgan fingerprint density at radius 2 is 2.17 bits per heavy atom. The van der Waals surface area contributed by atoms with Crippen LogP contribution in [-0.2, 0) is 4.79 Å². The Morgan fingerprint density at radius 1 is 1.33 bits per heavy atom. The van der Waals surface area contributed by atoms with Crippen LogP contribution in [0.15, 0.2) is 42.3 Å². The Balaban J connectivity index is 1.86. The average Bonchev–Trinajstić information content (AvgIpc) is 2.36. The predicted octanol–water partition coefficient (Wildman–Crippen LogP) is 3.27. The molecule has 0 radical (unpaired) electrons. The number of carbonyl (C=O) groups excluding carboxylic acids is 1. The number of pyridine rings is 1. The SMILES string of the molecule is CC1(C)[C@@H]2C[C@H]1C(=O)C=C2/C=C/c1cccnc1. The van der Waals surface area contributed by atoms with Crippen LogP contribution in [0.3, 0.4) is 0 Å². The van der Waals surface area contributed by atoms with E-state index in [-0.39, 0.29) is 11.3 Å². The van der Waals surface area contributed by atoms with E-state index in [9.17, 15) is 4.79 Å². The van der Waals surface area contributed by atoms with Crippen molar-refractivity contribution in [1.82, 2.24) is 4.98 Å². The van der Waals surface area contributed by atoms with E-state index < -0.39 is 0 Å². The number of fused-ring (bicyclic) bond motifs is 1. The topological polar surface area (TPSA) is 30.0 Å². The van der Waals surface area contributed by atoms with Crippen LogP contribution in [0.5, 0.6) is 0 Å². The molecule has 2 atom stereocenters. The van der Waals surface area contributed by atoms with Crippen molar-refractivity contribution in [3.05, 3.63) is 47.8 Å². The van der Waals surface area contributed by atoms with Crippen molar-refractivity contribution < 1.29 is 4.79 Å². The molecule has 92 valence electrons. The molecule has 2 nitrogen and oxygen atoms in total. The third kappa shape index (κ3) is 1.64. The van der Waals surface area contributed by atoms with Crippen molar-refractivity contribution in [2.75, 3.05) is 0 Å². The summed E-state index contributed by atoms with van der Waals surface area (Å²) in [4.78, 5) is 16.0. The van der Waals surface area contributed by atoms with E-state index >= 15 is 0 Å². The summed E-state index contributed by atoms with van der Waals surface area (Å²) in [5.74, 6) is 1.08. The lowest BCUT2D eigenvalue weighted by Gasteiger charge is -2.54. The second kappa shape index (κ2) is 3.91. The van der Waals surface area contributed by atoms with Gasteiger partial charge in [0.25, 0.3) is 0 Å². The van der Waals surface area contributed by atoms with Gasteiger partial charge in [-0.3, -0.25) is 9.78 Å². The zero-order valence-electron chi connectivity index (χ0n) is 10.8. The second-order valence-corrected chi connectivity index (χ2v) is 5.83. The van der Waals surface area contributed by atoms with Crippen molar-refractivity contribution in [2.24, 2.45) is 17.3 Å².